The largest absolute Gasteiger partial charge is 0.357 e. The molecule has 1 saturated carbocycles. The Balaban J connectivity index is 0.00000272. The lowest BCUT2D eigenvalue weighted by atomic mass is 10.2. The summed E-state index contributed by atoms with van der Waals surface area (Å²) in [6.07, 6.45) is 7.27. The predicted octanol–water partition coefficient (Wildman–Crippen LogP) is 4.12. The molecule has 1 atom stereocenters. The number of aromatic nitrogens is 2. The SMILES string of the molecule is CCNC(=NCCc1nc(-c2cccc(Cl)c2)no1)NC1CCN(C2CCCC2)C1.I. The number of hydrogen-bond donors (Lipinski definition) is 2. The van der Waals surface area contributed by atoms with E-state index < -0.39 is 0 Å². The van der Waals surface area contributed by atoms with Gasteiger partial charge in [-0.1, -0.05) is 41.7 Å². The molecule has 7 nitrogen and oxygen atoms in total. The number of nitrogens with zero attached hydrogens (tertiary/aromatic N) is 4. The lowest BCUT2D eigenvalue weighted by molar-refractivity contribution is 0.242. The summed E-state index contributed by atoms with van der Waals surface area (Å²) in [5, 5.41) is 11.7. The van der Waals surface area contributed by atoms with E-state index in [1.807, 2.05) is 24.3 Å². The van der Waals surface area contributed by atoms with Gasteiger partial charge in [0.25, 0.3) is 0 Å². The van der Waals surface area contributed by atoms with Gasteiger partial charge in [0.15, 0.2) is 5.96 Å². The van der Waals surface area contributed by atoms with E-state index in [1.54, 1.807) is 0 Å². The molecule has 0 spiro atoms. The molecule has 0 radical (unpaired) electrons. The molecule has 0 amide bonds. The average Bonchev–Trinajstić information content (AvgIpc) is 3.50. The first kappa shape index (κ1) is 24.3. The minimum atomic E-state index is 0. The number of aliphatic imine (C=N–C) groups is 1. The molecule has 2 fully saturated rings. The Morgan fingerprint density at radius 3 is 2.90 bits per heavy atom. The van der Waals surface area contributed by atoms with Crippen molar-refractivity contribution in [1.29, 1.82) is 0 Å². The highest BCUT2D eigenvalue weighted by molar-refractivity contribution is 14.0. The number of halogens is 2. The summed E-state index contributed by atoms with van der Waals surface area (Å²) in [6.45, 7) is 5.82. The van der Waals surface area contributed by atoms with Crippen LogP contribution in [0, 0.1) is 0 Å². The van der Waals surface area contributed by atoms with Crippen molar-refractivity contribution in [1.82, 2.24) is 25.7 Å². The lowest BCUT2D eigenvalue weighted by Crippen LogP contribution is -2.45. The molecule has 1 saturated heterocycles. The van der Waals surface area contributed by atoms with E-state index in [4.69, 9.17) is 21.1 Å². The van der Waals surface area contributed by atoms with Crippen molar-refractivity contribution in [3.05, 3.63) is 35.2 Å². The van der Waals surface area contributed by atoms with Crippen LogP contribution in [0.25, 0.3) is 11.4 Å². The van der Waals surface area contributed by atoms with Gasteiger partial charge in [-0.25, -0.2) is 0 Å². The maximum absolute atomic E-state index is 6.04. The lowest BCUT2D eigenvalue weighted by Gasteiger charge is -2.24. The third-order valence-electron chi connectivity index (χ3n) is 5.89. The van der Waals surface area contributed by atoms with Crippen LogP contribution in [0.2, 0.25) is 5.02 Å². The van der Waals surface area contributed by atoms with Crippen molar-refractivity contribution in [3.63, 3.8) is 0 Å². The van der Waals surface area contributed by atoms with Crippen LogP contribution < -0.4 is 10.6 Å². The van der Waals surface area contributed by atoms with Crippen molar-refractivity contribution >= 4 is 41.5 Å². The van der Waals surface area contributed by atoms with Crippen molar-refractivity contribution in [2.45, 2.75) is 57.5 Å². The van der Waals surface area contributed by atoms with E-state index in [2.05, 4.69) is 32.6 Å². The van der Waals surface area contributed by atoms with Crippen LogP contribution in [0.5, 0.6) is 0 Å². The Morgan fingerprint density at radius 1 is 1.29 bits per heavy atom. The summed E-state index contributed by atoms with van der Waals surface area (Å²) in [5.74, 6) is 2.00. The molecule has 31 heavy (non-hydrogen) atoms. The minimum absolute atomic E-state index is 0. The van der Waals surface area contributed by atoms with E-state index in [0.717, 1.165) is 30.7 Å². The predicted molar refractivity (Wildman–Crippen MR) is 135 cm³/mol. The summed E-state index contributed by atoms with van der Waals surface area (Å²) < 4.78 is 5.38. The minimum Gasteiger partial charge on any atom is -0.357 e. The van der Waals surface area contributed by atoms with Gasteiger partial charge in [-0.05, 0) is 38.3 Å². The van der Waals surface area contributed by atoms with Crippen LogP contribution >= 0.6 is 35.6 Å². The normalized spacial score (nSPS) is 20.1. The fourth-order valence-electron chi connectivity index (χ4n) is 4.38. The van der Waals surface area contributed by atoms with Crippen LogP contribution in [-0.4, -0.2) is 59.3 Å². The first-order valence-electron chi connectivity index (χ1n) is 11.1. The molecule has 9 heteroatoms. The van der Waals surface area contributed by atoms with Gasteiger partial charge >= 0.3 is 0 Å². The maximum atomic E-state index is 6.04. The first-order valence-corrected chi connectivity index (χ1v) is 11.5. The van der Waals surface area contributed by atoms with E-state index in [9.17, 15) is 0 Å². The van der Waals surface area contributed by atoms with Crippen molar-refractivity contribution in [3.8, 4) is 11.4 Å². The molecule has 2 aromatic rings. The second kappa shape index (κ2) is 12.0. The molecule has 1 unspecified atom stereocenters. The van der Waals surface area contributed by atoms with E-state index >= 15 is 0 Å². The van der Waals surface area contributed by atoms with Gasteiger partial charge in [0.1, 0.15) is 0 Å². The number of guanidine groups is 1. The highest BCUT2D eigenvalue weighted by Gasteiger charge is 2.30. The maximum Gasteiger partial charge on any atom is 0.228 e. The Kier molecular flexibility index (Phi) is 9.40. The quantitative estimate of drug-likeness (QED) is 0.302. The number of likely N-dealkylation sites (tertiary alicyclic amines) is 1. The van der Waals surface area contributed by atoms with Crippen LogP contribution in [-0.2, 0) is 6.42 Å². The molecule has 1 aliphatic heterocycles. The standard InChI is InChI=1S/C22H31ClN6O.HI/c1-2-24-22(26-18-11-13-29(15-18)19-8-3-4-9-19)25-12-10-20-27-21(28-30-20)16-6-5-7-17(23)14-16;/h5-7,14,18-19H,2-4,8-13,15H2,1H3,(H2,24,25,26);1H. The Hall–Kier alpha value is -1.39. The Labute approximate surface area is 206 Å². The monoisotopic (exact) mass is 558 g/mol. The molecule has 2 aliphatic rings. The van der Waals surface area contributed by atoms with Gasteiger partial charge in [-0.15, -0.1) is 24.0 Å². The first-order chi connectivity index (χ1) is 14.7. The highest BCUT2D eigenvalue weighted by atomic mass is 127. The average molecular weight is 559 g/mol. The molecule has 170 valence electrons. The Morgan fingerprint density at radius 2 is 2.13 bits per heavy atom. The van der Waals surface area contributed by atoms with Gasteiger partial charge < -0.3 is 15.2 Å². The molecule has 1 aromatic heterocycles. The van der Waals surface area contributed by atoms with E-state index in [-0.39, 0.29) is 24.0 Å². The van der Waals surface area contributed by atoms with Crippen molar-refractivity contribution in [2.75, 3.05) is 26.2 Å². The summed E-state index contributed by atoms with van der Waals surface area (Å²) >= 11 is 6.04. The third-order valence-corrected chi connectivity index (χ3v) is 6.13. The molecule has 1 aromatic carbocycles. The fourth-order valence-corrected chi connectivity index (χ4v) is 4.57. The zero-order chi connectivity index (χ0) is 20.8. The number of nitrogens with one attached hydrogen (secondary N) is 2. The summed E-state index contributed by atoms with van der Waals surface area (Å²) in [7, 11) is 0. The van der Waals surface area contributed by atoms with Gasteiger partial charge in [-0.2, -0.15) is 4.98 Å². The van der Waals surface area contributed by atoms with Crippen LogP contribution in [0.3, 0.4) is 0 Å². The fraction of sp³-hybridized carbons (Fsp3) is 0.591. The van der Waals surface area contributed by atoms with Gasteiger partial charge in [0.2, 0.25) is 11.7 Å². The number of benzene rings is 1. The zero-order valence-electron chi connectivity index (χ0n) is 18.0. The summed E-state index contributed by atoms with van der Waals surface area (Å²) in [6, 6.07) is 8.71. The van der Waals surface area contributed by atoms with Crippen LogP contribution in [0.4, 0.5) is 0 Å². The van der Waals surface area contributed by atoms with Gasteiger partial charge in [-0.3, -0.25) is 9.89 Å². The van der Waals surface area contributed by atoms with Crippen LogP contribution in [0.15, 0.2) is 33.8 Å². The van der Waals surface area contributed by atoms with Crippen LogP contribution in [0.1, 0.15) is 44.9 Å². The second-order valence-electron chi connectivity index (χ2n) is 8.10. The van der Waals surface area contributed by atoms with Crippen molar-refractivity contribution < 1.29 is 4.52 Å². The molecular weight excluding hydrogens is 527 g/mol. The molecule has 1 aliphatic carbocycles. The smallest absolute Gasteiger partial charge is 0.228 e. The topological polar surface area (TPSA) is 78.6 Å². The molecule has 0 bridgehead atoms. The molecule has 2 heterocycles. The highest BCUT2D eigenvalue weighted by Crippen LogP contribution is 2.26. The molecule has 2 N–H and O–H groups in total. The molecule has 4 rings (SSSR count). The second-order valence-corrected chi connectivity index (χ2v) is 8.53. The summed E-state index contributed by atoms with van der Waals surface area (Å²) in [5.41, 5.74) is 0.851. The zero-order valence-corrected chi connectivity index (χ0v) is 21.1. The third kappa shape index (κ3) is 6.79. The van der Waals surface area contributed by atoms with Crippen molar-refractivity contribution in [2.24, 2.45) is 4.99 Å². The van der Waals surface area contributed by atoms with Gasteiger partial charge in [0, 0.05) is 48.7 Å². The van der Waals surface area contributed by atoms with E-state index in [0.29, 0.717) is 35.7 Å². The Bertz CT molecular complexity index is 854. The molecular formula is C22H32ClIN6O. The van der Waals surface area contributed by atoms with Gasteiger partial charge in [0.05, 0.1) is 6.54 Å². The number of rotatable bonds is 7. The van der Waals surface area contributed by atoms with E-state index in [1.165, 1.54) is 38.6 Å². The summed E-state index contributed by atoms with van der Waals surface area (Å²) in [4.78, 5) is 11.8. The number of hydrogen-bond acceptors (Lipinski definition) is 5.